The first-order valence-corrected chi connectivity index (χ1v) is 10.3. The summed E-state index contributed by atoms with van der Waals surface area (Å²) in [5, 5.41) is 5.67. The van der Waals surface area contributed by atoms with Crippen molar-refractivity contribution >= 4 is 29.1 Å². The zero-order chi connectivity index (χ0) is 23.1. The van der Waals surface area contributed by atoms with Crippen LogP contribution in [0.15, 0.2) is 42.5 Å². The zero-order valence-corrected chi connectivity index (χ0v) is 18.2. The summed E-state index contributed by atoms with van der Waals surface area (Å²) in [5.41, 5.74) is 6.69. The molecule has 0 unspecified atom stereocenters. The SMILES string of the molecule is COc1ccc(NC(=O)CN2CCC(C(=O)Nc3ccccc3C(N)=O)CC2)cc1OC. The number of piperidine rings is 1. The summed E-state index contributed by atoms with van der Waals surface area (Å²) in [7, 11) is 3.09. The van der Waals surface area contributed by atoms with E-state index in [0.29, 0.717) is 48.8 Å². The van der Waals surface area contributed by atoms with Gasteiger partial charge in [0, 0.05) is 17.7 Å². The van der Waals surface area contributed by atoms with E-state index in [2.05, 4.69) is 10.6 Å². The number of nitrogens with one attached hydrogen (secondary N) is 2. The summed E-state index contributed by atoms with van der Waals surface area (Å²) in [4.78, 5) is 38.6. The number of anilines is 2. The summed E-state index contributed by atoms with van der Waals surface area (Å²) < 4.78 is 10.5. The first kappa shape index (κ1) is 23.1. The van der Waals surface area contributed by atoms with Gasteiger partial charge in [-0.3, -0.25) is 19.3 Å². The lowest BCUT2D eigenvalue weighted by Crippen LogP contribution is -2.41. The predicted molar refractivity (Wildman–Crippen MR) is 121 cm³/mol. The Morgan fingerprint density at radius 2 is 1.69 bits per heavy atom. The minimum absolute atomic E-state index is 0.143. The molecule has 0 radical (unpaired) electrons. The van der Waals surface area contributed by atoms with Gasteiger partial charge in [-0.15, -0.1) is 0 Å². The van der Waals surface area contributed by atoms with E-state index < -0.39 is 5.91 Å². The number of hydrogen-bond acceptors (Lipinski definition) is 6. The maximum absolute atomic E-state index is 12.6. The van der Waals surface area contributed by atoms with Gasteiger partial charge in [0.05, 0.1) is 32.0 Å². The normalized spacial score (nSPS) is 14.4. The Hall–Kier alpha value is -3.59. The smallest absolute Gasteiger partial charge is 0.250 e. The third-order valence-corrected chi connectivity index (χ3v) is 5.44. The highest BCUT2D eigenvalue weighted by Gasteiger charge is 2.26. The highest BCUT2D eigenvalue weighted by atomic mass is 16.5. The molecule has 170 valence electrons. The van der Waals surface area contributed by atoms with Crippen molar-refractivity contribution in [2.24, 2.45) is 11.7 Å². The Morgan fingerprint density at radius 3 is 2.34 bits per heavy atom. The standard InChI is InChI=1S/C23H28N4O5/c1-31-19-8-7-16(13-20(19)32-2)25-21(28)14-27-11-9-15(10-12-27)23(30)26-18-6-4-3-5-17(18)22(24)29/h3-8,13,15H,9-12,14H2,1-2H3,(H2,24,29)(H,25,28)(H,26,30). The Balaban J connectivity index is 1.49. The quantitative estimate of drug-likeness (QED) is 0.578. The number of methoxy groups -OCH3 is 2. The average molecular weight is 441 g/mol. The van der Waals surface area contributed by atoms with Crippen LogP contribution in [0.3, 0.4) is 0 Å². The van der Waals surface area contributed by atoms with Crippen LogP contribution in [-0.4, -0.2) is 56.5 Å². The van der Waals surface area contributed by atoms with Crippen LogP contribution in [0.1, 0.15) is 23.2 Å². The number of nitrogens with two attached hydrogens (primary N) is 1. The molecule has 2 aromatic rings. The van der Waals surface area contributed by atoms with Crippen LogP contribution in [0.25, 0.3) is 0 Å². The summed E-state index contributed by atoms with van der Waals surface area (Å²) in [6.07, 6.45) is 1.24. The van der Waals surface area contributed by atoms with Crippen LogP contribution in [0.5, 0.6) is 11.5 Å². The summed E-state index contributed by atoms with van der Waals surface area (Å²) in [6.45, 7) is 1.47. The van der Waals surface area contributed by atoms with E-state index in [0.717, 1.165) is 0 Å². The average Bonchev–Trinajstić information content (AvgIpc) is 2.79. The second-order valence-corrected chi connectivity index (χ2v) is 7.57. The number of rotatable bonds is 8. The third-order valence-electron chi connectivity index (χ3n) is 5.44. The second kappa shape index (κ2) is 10.6. The first-order chi connectivity index (χ1) is 15.4. The largest absolute Gasteiger partial charge is 0.493 e. The van der Waals surface area contributed by atoms with Gasteiger partial charge >= 0.3 is 0 Å². The van der Waals surface area contributed by atoms with E-state index in [1.54, 1.807) is 49.6 Å². The Labute approximate surface area is 186 Å². The molecule has 0 bridgehead atoms. The van der Waals surface area contributed by atoms with Gasteiger partial charge < -0.3 is 25.8 Å². The van der Waals surface area contributed by atoms with Crippen molar-refractivity contribution in [3.05, 3.63) is 48.0 Å². The number of benzene rings is 2. The monoisotopic (exact) mass is 440 g/mol. The molecular formula is C23H28N4O5. The first-order valence-electron chi connectivity index (χ1n) is 10.3. The number of ether oxygens (including phenoxy) is 2. The minimum Gasteiger partial charge on any atom is -0.493 e. The Kier molecular flexibility index (Phi) is 7.67. The predicted octanol–water partition coefficient (Wildman–Crippen LogP) is 2.09. The number of hydrogen-bond donors (Lipinski definition) is 3. The van der Waals surface area contributed by atoms with Gasteiger partial charge in [0.2, 0.25) is 11.8 Å². The number of para-hydroxylation sites is 1. The van der Waals surface area contributed by atoms with Crippen LogP contribution in [0.4, 0.5) is 11.4 Å². The van der Waals surface area contributed by atoms with Crippen molar-refractivity contribution in [1.82, 2.24) is 4.90 Å². The number of amides is 3. The van der Waals surface area contributed by atoms with Gasteiger partial charge in [0.15, 0.2) is 11.5 Å². The number of carbonyl (C=O) groups is 3. The molecule has 0 aliphatic carbocycles. The van der Waals surface area contributed by atoms with Crippen molar-refractivity contribution in [1.29, 1.82) is 0 Å². The molecule has 4 N–H and O–H groups in total. The van der Waals surface area contributed by atoms with E-state index in [1.807, 2.05) is 4.90 Å². The van der Waals surface area contributed by atoms with Gasteiger partial charge in [-0.05, 0) is 50.2 Å². The molecule has 32 heavy (non-hydrogen) atoms. The lowest BCUT2D eigenvalue weighted by molar-refractivity contribution is -0.121. The van der Waals surface area contributed by atoms with E-state index >= 15 is 0 Å². The molecular weight excluding hydrogens is 412 g/mol. The molecule has 9 nitrogen and oxygen atoms in total. The van der Waals surface area contributed by atoms with E-state index in [9.17, 15) is 14.4 Å². The number of likely N-dealkylation sites (tertiary alicyclic amines) is 1. The molecule has 3 rings (SSSR count). The molecule has 0 aromatic heterocycles. The topological polar surface area (TPSA) is 123 Å². The molecule has 2 aromatic carbocycles. The Bertz CT molecular complexity index is 986. The molecule has 1 saturated heterocycles. The molecule has 0 saturated carbocycles. The van der Waals surface area contributed by atoms with Crippen molar-refractivity contribution < 1.29 is 23.9 Å². The lowest BCUT2D eigenvalue weighted by Gasteiger charge is -2.30. The minimum atomic E-state index is -0.587. The zero-order valence-electron chi connectivity index (χ0n) is 18.2. The second-order valence-electron chi connectivity index (χ2n) is 7.57. The summed E-state index contributed by atoms with van der Waals surface area (Å²) >= 11 is 0. The highest BCUT2D eigenvalue weighted by Crippen LogP contribution is 2.29. The van der Waals surface area contributed by atoms with E-state index in [1.165, 1.54) is 7.11 Å². The van der Waals surface area contributed by atoms with Crippen LogP contribution >= 0.6 is 0 Å². The van der Waals surface area contributed by atoms with Crippen molar-refractivity contribution in [3.8, 4) is 11.5 Å². The van der Waals surface area contributed by atoms with Gasteiger partial charge in [0.25, 0.3) is 5.91 Å². The van der Waals surface area contributed by atoms with E-state index in [-0.39, 0.29) is 29.8 Å². The molecule has 1 aliphatic heterocycles. The van der Waals surface area contributed by atoms with Crippen LogP contribution in [0.2, 0.25) is 0 Å². The number of carbonyl (C=O) groups excluding carboxylic acids is 3. The fraction of sp³-hybridized carbons (Fsp3) is 0.348. The summed E-state index contributed by atoms with van der Waals surface area (Å²) in [5.74, 6) is 0.0558. The van der Waals surface area contributed by atoms with Crippen molar-refractivity contribution in [3.63, 3.8) is 0 Å². The van der Waals surface area contributed by atoms with Crippen molar-refractivity contribution in [2.75, 3.05) is 44.5 Å². The number of nitrogens with zero attached hydrogens (tertiary/aromatic N) is 1. The lowest BCUT2D eigenvalue weighted by atomic mass is 9.95. The van der Waals surface area contributed by atoms with E-state index in [4.69, 9.17) is 15.2 Å². The Morgan fingerprint density at radius 1 is 1.00 bits per heavy atom. The fourth-order valence-electron chi connectivity index (χ4n) is 3.71. The molecule has 3 amide bonds. The van der Waals surface area contributed by atoms with Gasteiger partial charge in [0.1, 0.15) is 0 Å². The molecule has 0 atom stereocenters. The molecule has 9 heteroatoms. The molecule has 1 aliphatic rings. The van der Waals surface area contributed by atoms with Crippen molar-refractivity contribution in [2.45, 2.75) is 12.8 Å². The van der Waals surface area contributed by atoms with Gasteiger partial charge in [-0.2, -0.15) is 0 Å². The molecule has 1 fully saturated rings. The fourth-order valence-corrected chi connectivity index (χ4v) is 3.71. The van der Waals surface area contributed by atoms with Gasteiger partial charge in [-0.1, -0.05) is 12.1 Å². The van der Waals surface area contributed by atoms with Crippen LogP contribution in [0, 0.1) is 5.92 Å². The van der Waals surface area contributed by atoms with Crippen LogP contribution < -0.4 is 25.8 Å². The van der Waals surface area contributed by atoms with Gasteiger partial charge in [-0.25, -0.2) is 0 Å². The molecule has 1 heterocycles. The third kappa shape index (κ3) is 5.76. The highest BCUT2D eigenvalue weighted by molar-refractivity contribution is 6.03. The molecule has 0 spiro atoms. The maximum atomic E-state index is 12.6. The summed E-state index contributed by atoms with van der Waals surface area (Å²) in [6, 6.07) is 11.9. The van der Waals surface area contributed by atoms with Crippen LogP contribution in [-0.2, 0) is 9.59 Å². The maximum Gasteiger partial charge on any atom is 0.250 e. The number of primary amides is 1.